The number of halogens is 2. The van der Waals surface area contributed by atoms with Crippen LogP contribution in [0.25, 0.3) is 10.9 Å². The molecule has 0 unspecified atom stereocenters. The molecule has 9 heteroatoms. The molecular weight excluding hydrogens is 505 g/mol. The highest BCUT2D eigenvalue weighted by Gasteiger charge is 2.15. The van der Waals surface area contributed by atoms with Gasteiger partial charge in [-0.2, -0.15) is 9.78 Å². The number of aryl methyl sites for hydroxylation is 1. The van der Waals surface area contributed by atoms with E-state index in [1.54, 1.807) is 43.3 Å². The molecule has 4 rings (SSSR count). The zero-order valence-electron chi connectivity index (χ0n) is 18.7. The molecule has 0 atom stereocenters. The normalized spacial score (nSPS) is 11.2. The van der Waals surface area contributed by atoms with E-state index >= 15 is 0 Å². The van der Waals surface area contributed by atoms with Crippen molar-refractivity contribution >= 4 is 33.0 Å². The van der Waals surface area contributed by atoms with Crippen LogP contribution in [0.2, 0.25) is 0 Å². The average molecular weight is 526 g/mol. The van der Waals surface area contributed by atoms with Crippen molar-refractivity contribution in [2.45, 2.75) is 13.5 Å². The Morgan fingerprint density at radius 3 is 2.50 bits per heavy atom. The third kappa shape index (κ3) is 4.94. The maximum absolute atomic E-state index is 13.5. The summed E-state index contributed by atoms with van der Waals surface area (Å²) in [7, 11) is 3.01. The molecule has 0 radical (unpaired) electrons. The Hall–Kier alpha value is -3.72. The van der Waals surface area contributed by atoms with E-state index in [4.69, 9.17) is 14.2 Å². The molecule has 34 heavy (non-hydrogen) atoms. The summed E-state index contributed by atoms with van der Waals surface area (Å²) in [4.78, 5) is 17.4. The van der Waals surface area contributed by atoms with Crippen molar-refractivity contribution in [3.05, 3.63) is 92.2 Å². The number of rotatable bonds is 7. The lowest BCUT2D eigenvalue weighted by atomic mass is 10.2. The molecule has 174 valence electrons. The van der Waals surface area contributed by atoms with Gasteiger partial charge in [0.05, 0.1) is 31.3 Å². The van der Waals surface area contributed by atoms with Crippen LogP contribution >= 0.6 is 15.9 Å². The van der Waals surface area contributed by atoms with Crippen molar-refractivity contribution in [3.63, 3.8) is 0 Å². The highest BCUT2D eigenvalue weighted by Crippen LogP contribution is 2.38. The van der Waals surface area contributed by atoms with Gasteiger partial charge in [-0.1, -0.05) is 28.1 Å². The summed E-state index contributed by atoms with van der Waals surface area (Å²) in [6.07, 6.45) is 1.52. The van der Waals surface area contributed by atoms with Crippen LogP contribution in [0.4, 0.5) is 4.39 Å². The monoisotopic (exact) mass is 525 g/mol. The van der Waals surface area contributed by atoms with E-state index in [-0.39, 0.29) is 18.0 Å². The minimum absolute atomic E-state index is 0.130. The molecule has 0 aliphatic carbocycles. The van der Waals surface area contributed by atoms with Crippen LogP contribution < -0.4 is 19.8 Å². The largest absolute Gasteiger partial charge is 0.493 e. The first-order valence-corrected chi connectivity index (χ1v) is 11.1. The second-order valence-electron chi connectivity index (χ2n) is 7.36. The lowest BCUT2D eigenvalue weighted by Gasteiger charge is -2.15. The molecule has 7 nitrogen and oxygen atoms in total. The van der Waals surface area contributed by atoms with E-state index in [1.165, 1.54) is 37.2 Å². The highest BCUT2D eigenvalue weighted by atomic mass is 79.9. The fourth-order valence-corrected chi connectivity index (χ4v) is 3.78. The Kier molecular flexibility index (Phi) is 6.93. The number of nitrogens with zero attached hydrogens (tertiary/aromatic N) is 3. The molecule has 3 aromatic carbocycles. The van der Waals surface area contributed by atoms with E-state index in [0.717, 1.165) is 4.47 Å². The van der Waals surface area contributed by atoms with Crippen LogP contribution in [0.3, 0.4) is 0 Å². The average Bonchev–Trinajstić information content (AvgIpc) is 2.83. The summed E-state index contributed by atoms with van der Waals surface area (Å²) in [5, 5.41) is 4.80. The second kappa shape index (κ2) is 10.0. The van der Waals surface area contributed by atoms with Crippen molar-refractivity contribution in [2.75, 3.05) is 14.2 Å². The first-order valence-electron chi connectivity index (χ1n) is 10.3. The van der Waals surface area contributed by atoms with Gasteiger partial charge in [0.2, 0.25) is 5.75 Å². The van der Waals surface area contributed by atoms with Gasteiger partial charge in [-0.25, -0.2) is 9.37 Å². The number of hydrogen-bond donors (Lipinski definition) is 0. The molecule has 0 fully saturated rings. The molecule has 0 saturated heterocycles. The van der Waals surface area contributed by atoms with Crippen molar-refractivity contribution < 1.29 is 18.6 Å². The second-order valence-corrected chi connectivity index (χ2v) is 8.27. The third-order valence-electron chi connectivity index (χ3n) is 5.05. The van der Waals surface area contributed by atoms with Crippen molar-refractivity contribution in [1.82, 2.24) is 9.66 Å². The van der Waals surface area contributed by atoms with Crippen LogP contribution in [-0.2, 0) is 6.61 Å². The summed E-state index contributed by atoms with van der Waals surface area (Å²) in [5.74, 6) is 1.29. The van der Waals surface area contributed by atoms with Gasteiger partial charge in [0.15, 0.2) is 11.5 Å². The van der Waals surface area contributed by atoms with Gasteiger partial charge in [0.25, 0.3) is 5.56 Å². The van der Waals surface area contributed by atoms with Crippen LogP contribution in [0.1, 0.15) is 17.0 Å². The first kappa shape index (κ1) is 23.4. The van der Waals surface area contributed by atoms with E-state index < -0.39 is 0 Å². The Morgan fingerprint density at radius 2 is 1.82 bits per heavy atom. The molecule has 1 aromatic heterocycles. The van der Waals surface area contributed by atoms with Crippen molar-refractivity contribution in [3.8, 4) is 17.2 Å². The zero-order chi connectivity index (χ0) is 24.2. The number of benzene rings is 3. The summed E-state index contributed by atoms with van der Waals surface area (Å²) in [6, 6.07) is 14.9. The van der Waals surface area contributed by atoms with Gasteiger partial charge in [-0.15, -0.1) is 0 Å². The maximum Gasteiger partial charge on any atom is 0.282 e. The fraction of sp³-hybridized carbons (Fsp3) is 0.160. The summed E-state index contributed by atoms with van der Waals surface area (Å²) in [5.41, 5.74) is 1.60. The maximum atomic E-state index is 13.5. The summed E-state index contributed by atoms with van der Waals surface area (Å²) in [6.45, 7) is 1.84. The van der Waals surface area contributed by atoms with Gasteiger partial charge in [-0.3, -0.25) is 4.79 Å². The van der Waals surface area contributed by atoms with E-state index in [1.807, 2.05) is 6.07 Å². The number of fused-ring (bicyclic) bond motifs is 1. The third-order valence-corrected chi connectivity index (χ3v) is 5.54. The number of hydrogen-bond acceptors (Lipinski definition) is 6. The summed E-state index contributed by atoms with van der Waals surface area (Å²) < 4.78 is 32.3. The topological polar surface area (TPSA) is 74.9 Å². The smallest absolute Gasteiger partial charge is 0.282 e. The van der Waals surface area contributed by atoms with Crippen molar-refractivity contribution in [1.29, 1.82) is 0 Å². The lowest BCUT2D eigenvalue weighted by Crippen LogP contribution is -2.20. The molecule has 0 spiro atoms. The van der Waals surface area contributed by atoms with Gasteiger partial charge < -0.3 is 14.2 Å². The quantitative estimate of drug-likeness (QED) is 0.314. The molecule has 0 amide bonds. The Morgan fingerprint density at radius 1 is 1.09 bits per heavy atom. The van der Waals surface area contributed by atoms with Gasteiger partial charge in [-0.05, 0) is 55.0 Å². The van der Waals surface area contributed by atoms with Crippen molar-refractivity contribution in [2.24, 2.45) is 5.10 Å². The van der Waals surface area contributed by atoms with Crippen LogP contribution in [0.5, 0.6) is 17.2 Å². The lowest BCUT2D eigenvalue weighted by molar-refractivity contribution is 0.265. The van der Waals surface area contributed by atoms with E-state index in [9.17, 15) is 9.18 Å². The Bertz CT molecular complexity index is 1430. The Labute approximate surface area is 203 Å². The zero-order valence-corrected chi connectivity index (χ0v) is 20.3. The van der Waals surface area contributed by atoms with Crippen LogP contribution in [0.15, 0.2) is 69.0 Å². The number of ether oxygens (including phenoxy) is 3. The molecular formula is C25H21BrFN3O4. The fourth-order valence-electron chi connectivity index (χ4n) is 3.42. The van der Waals surface area contributed by atoms with Crippen LogP contribution in [-0.4, -0.2) is 30.1 Å². The minimum Gasteiger partial charge on any atom is -0.493 e. The summed E-state index contributed by atoms with van der Waals surface area (Å²) >= 11 is 3.38. The first-order chi connectivity index (χ1) is 16.4. The highest BCUT2D eigenvalue weighted by molar-refractivity contribution is 9.10. The molecule has 0 N–H and O–H groups in total. The molecule has 0 aliphatic heterocycles. The standard InChI is InChI=1S/C25H21BrFN3O4/c1-15-29-21-8-7-18(26)12-20(21)25(31)30(15)28-13-17-10-22(32-2)24(23(11-17)33-3)34-14-16-5-4-6-19(27)9-16/h4-13H,14H2,1-3H3. The Balaban J connectivity index is 1.67. The number of aromatic nitrogens is 2. The molecule has 4 aromatic rings. The predicted octanol–water partition coefficient (Wildman–Crippen LogP) is 5.08. The van der Waals surface area contributed by atoms with Gasteiger partial charge in [0.1, 0.15) is 18.2 Å². The molecule has 0 saturated carbocycles. The predicted molar refractivity (Wildman–Crippen MR) is 132 cm³/mol. The van der Waals surface area contributed by atoms with Gasteiger partial charge in [0, 0.05) is 10.0 Å². The van der Waals surface area contributed by atoms with Gasteiger partial charge >= 0.3 is 0 Å². The number of methoxy groups -OCH3 is 2. The molecule has 0 bridgehead atoms. The molecule has 1 heterocycles. The molecule has 0 aliphatic rings. The van der Waals surface area contributed by atoms with E-state index in [0.29, 0.717) is 45.1 Å². The van der Waals surface area contributed by atoms with Crippen LogP contribution in [0, 0.1) is 12.7 Å². The SMILES string of the molecule is COc1cc(C=Nn2c(C)nc3ccc(Br)cc3c2=O)cc(OC)c1OCc1cccc(F)c1. The van der Waals surface area contributed by atoms with E-state index in [2.05, 4.69) is 26.0 Å². The minimum atomic E-state index is -0.340.